The van der Waals surface area contributed by atoms with Gasteiger partial charge in [0.1, 0.15) is 0 Å². The van der Waals surface area contributed by atoms with Crippen molar-refractivity contribution in [2.75, 3.05) is 0 Å². The molecule has 17 heavy (non-hydrogen) atoms. The molecule has 2 nitrogen and oxygen atoms in total. The van der Waals surface area contributed by atoms with E-state index in [0.29, 0.717) is 0 Å². The van der Waals surface area contributed by atoms with Gasteiger partial charge in [-0.25, -0.2) is 0 Å². The first kappa shape index (κ1) is 14.3. The molecule has 1 atom stereocenters. The van der Waals surface area contributed by atoms with E-state index in [-0.39, 0.29) is 11.2 Å². The molecule has 3 heteroatoms. The maximum atomic E-state index is 12.0. The van der Waals surface area contributed by atoms with Gasteiger partial charge in [0.25, 0.3) is 0 Å². The number of alkyl halides is 1. The van der Waals surface area contributed by atoms with Crippen molar-refractivity contribution in [2.24, 2.45) is 5.41 Å². The fourth-order valence-corrected chi connectivity index (χ4v) is 2.10. The van der Waals surface area contributed by atoms with Gasteiger partial charge in [-0.1, -0.05) is 20.8 Å². The van der Waals surface area contributed by atoms with Crippen LogP contribution < -0.4 is 0 Å². The number of carbonyl (C=O) groups excluding carboxylic acids is 1. The first-order valence-corrected chi connectivity index (χ1v) is 6.42. The number of Topliss-reactive ketones (excluding diaryl/α,β-unsaturated/α-hetero) is 1. The zero-order valence-electron chi connectivity index (χ0n) is 11.6. The maximum Gasteiger partial charge on any atom is 0.182 e. The molecule has 0 aliphatic carbocycles. The number of aromatic nitrogens is 1. The van der Waals surface area contributed by atoms with E-state index < -0.39 is 5.38 Å². The molecule has 1 heterocycles. The summed E-state index contributed by atoms with van der Waals surface area (Å²) in [5.41, 5.74) is 3.10. The van der Waals surface area contributed by atoms with Crippen LogP contribution in [0.15, 0.2) is 6.07 Å². The zero-order chi connectivity index (χ0) is 13.4. The second kappa shape index (κ2) is 4.85. The Hall–Kier alpha value is -0.760. The van der Waals surface area contributed by atoms with Crippen LogP contribution in [-0.4, -0.2) is 15.7 Å². The summed E-state index contributed by atoms with van der Waals surface area (Å²) in [5, 5.41) is -0.460. The van der Waals surface area contributed by atoms with Gasteiger partial charge >= 0.3 is 0 Å². The third kappa shape index (κ3) is 3.35. The third-order valence-electron chi connectivity index (χ3n) is 2.83. The quantitative estimate of drug-likeness (QED) is 0.592. The fraction of sp³-hybridized carbons (Fsp3) is 0.643. The Labute approximate surface area is 109 Å². The highest BCUT2D eigenvalue weighted by molar-refractivity contribution is 6.33. The Morgan fingerprint density at radius 3 is 2.35 bits per heavy atom. The molecule has 0 saturated carbocycles. The normalized spacial score (nSPS) is 13.8. The van der Waals surface area contributed by atoms with E-state index in [2.05, 4.69) is 25.3 Å². The van der Waals surface area contributed by atoms with Crippen LogP contribution in [0.1, 0.15) is 49.4 Å². The molecule has 0 fully saturated rings. The van der Waals surface area contributed by atoms with Crippen molar-refractivity contribution in [3.05, 3.63) is 23.0 Å². The Bertz CT molecular complexity index is 424. The number of hydrogen-bond acceptors (Lipinski definition) is 1. The van der Waals surface area contributed by atoms with Crippen molar-refractivity contribution in [3.8, 4) is 0 Å². The SMILES string of the molecule is Cc1cc(C(=O)C(C)Cl)c(C)n1CC(C)(C)C. The fourth-order valence-electron chi connectivity index (χ4n) is 1.98. The van der Waals surface area contributed by atoms with Crippen LogP contribution in [0.5, 0.6) is 0 Å². The van der Waals surface area contributed by atoms with Crippen molar-refractivity contribution in [1.29, 1.82) is 0 Å². The van der Waals surface area contributed by atoms with Crippen LogP contribution >= 0.6 is 11.6 Å². The Morgan fingerprint density at radius 2 is 1.94 bits per heavy atom. The lowest BCUT2D eigenvalue weighted by Gasteiger charge is -2.22. The van der Waals surface area contributed by atoms with Gasteiger partial charge in [-0.2, -0.15) is 0 Å². The van der Waals surface area contributed by atoms with Gasteiger partial charge in [-0.3, -0.25) is 4.79 Å². The lowest BCUT2D eigenvalue weighted by molar-refractivity contribution is 0.0991. The molecule has 0 amide bonds. The van der Waals surface area contributed by atoms with Crippen molar-refractivity contribution in [3.63, 3.8) is 0 Å². The summed E-state index contributed by atoms with van der Waals surface area (Å²) in [6, 6.07) is 1.95. The van der Waals surface area contributed by atoms with Crippen LogP contribution in [0.3, 0.4) is 0 Å². The predicted octanol–water partition coefficient (Wildman–Crippen LogP) is 3.96. The first-order valence-electron chi connectivity index (χ1n) is 5.98. The van der Waals surface area contributed by atoms with E-state index in [1.54, 1.807) is 6.92 Å². The zero-order valence-corrected chi connectivity index (χ0v) is 12.4. The Kier molecular flexibility index (Phi) is 4.08. The minimum absolute atomic E-state index is 0.0138. The summed E-state index contributed by atoms with van der Waals surface area (Å²) in [6.45, 7) is 13.2. The van der Waals surface area contributed by atoms with Gasteiger partial charge in [-0.05, 0) is 32.3 Å². The number of carbonyl (C=O) groups is 1. The minimum atomic E-state index is -0.460. The number of aryl methyl sites for hydroxylation is 1. The van der Waals surface area contributed by atoms with Crippen LogP contribution in [0.4, 0.5) is 0 Å². The van der Waals surface area contributed by atoms with E-state index in [4.69, 9.17) is 11.6 Å². The van der Waals surface area contributed by atoms with Gasteiger partial charge in [0, 0.05) is 23.5 Å². The lowest BCUT2D eigenvalue weighted by atomic mass is 9.96. The van der Waals surface area contributed by atoms with Gasteiger partial charge in [0.15, 0.2) is 5.78 Å². The predicted molar refractivity (Wildman–Crippen MR) is 73.0 cm³/mol. The molecule has 1 unspecified atom stereocenters. The molecule has 0 N–H and O–H groups in total. The number of nitrogens with zero attached hydrogens (tertiary/aromatic N) is 1. The second-order valence-electron chi connectivity index (χ2n) is 5.91. The van der Waals surface area contributed by atoms with Gasteiger partial charge in [0.05, 0.1) is 5.38 Å². The van der Waals surface area contributed by atoms with Gasteiger partial charge in [0.2, 0.25) is 0 Å². The molecule has 0 bridgehead atoms. The van der Waals surface area contributed by atoms with E-state index >= 15 is 0 Å². The lowest BCUT2D eigenvalue weighted by Crippen LogP contribution is -2.18. The van der Waals surface area contributed by atoms with Crippen molar-refractivity contribution >= 4 is 17.4 Å². The van der Waals surface area contributed by atoms with Crippen LogP contribution in [0.25, 0.3) is 0 Å². The summed E-state index contributed by atoms with van der Waals surface area (Å²) in [6.07, 6.45) is 0. The van der Waals surface area contributed by atoms with E-state index in [0.717, 1.165) is 23.5 Å². The highest BCUT2D eigenvalue weighted by Gasteiger charge is 2.21. The molecule has 0 aliphatic heterocycles. The molecular weight excluding hydrogens is 234 g/mol. The van der Waals surface area contributed by atoms with E-state index in [1.807, 2.05) is 19.9 Å². The van der Waals surface area contributed by atoms with Gasteiger partial charge < -0.3 is 4.57 Å². The molecule has 0 saturated heterocycles. The van der Waals surface area contributed by atoms with Crippen LogP contribution in [-0.2, 0) is 6.54 Å². The number of rotatable bonds is 3. The largest absolute Gasteiger partial charge is 0.348 e. The highest BCUT2D eigenvalue weighted by atomic mass is 35.5. The summed E-state index contributed by atoms with van der Waals surface area (Å²) in [4.78, 5) is 12.0. The van der Waals surface area contributed by atoms with Crippen molar-refractivity contribution in [1.82, 2.24) is 4.57 Å². The summed E-state index contributed by atoms with van der Waals surface area (Å²) >= 11 is 5.87. The number of hydrogen-bond donors (Lipinski definition) is 0. The number of halogens is 1. The highest BCUT2D eigenvalue weighted by Crippen LogP contribution is 2.24. The monoisotopic (exact) mass is 255 g/mol. The molecule has 0 aromatic carbocycles. The molecule has 1 aromatic rings. The van der Waals surface area contributed by atoms with Crippen molar-refractivity contribution < 1.29 is 4.79 Å². The third-order valence-corrected chi connectivity index (χ3v) is 3.03. The molecule has 0 radical (unpaired) electrons. The van der Waals surface area contributed by atoms with E-state index in [1.165, 1.54) is 0 Å². The topological polar surface area (TPSA) is 22.0 Å². The minimum Gasteiger partial charge on any atom is -0.348 e. The van der Waals surface area contributed by atoms with E-state index in [9.17, 15) is 4.79 Å². The summed E-state index contributed by atoms with van der Waals surface area (Å²) in [5.74, 6) is 0.0138. The first-order chi connectivity index (χ1) is 7.63. The summed E-state index contributed by atoms with van der Waals surface area (Å²) in [7, 11) is 0. The maximum absolute atomic E-state index is 12.0. The molecular formula is C14H22ClNO. The van der Waals surface area contributed by atoms with Gasteiger partial charge in [-0.15, -0.1) is 11.6 Å². The second-order valence-corrected chi connectivity index (χ2v) is 6.57. The molecule has 1 aromatic heterocycles. The number of ketones is 1. The molecule has 96 valence electrons. The van der Waals surface area contributed by atoms with Crippen LogP contribution in [0, 0.1) is 19.3 Å². The van der Waals surface area contributed by atoms with Crippen LogP contribution in [0.2, 0.25) is 0 Å². The molecule has 0 aliphatic rings. The smallest absolute Gasteiger partial charge is 0.182 e. The molecule has 0 spiro atoms. The average molecular weight is 256 g/mol. The van der Waals surface area contributed by atoms with Crippen molar-refractivity contribution in [2.45, 2.75) is 53.5 Å². The summed E-state index contributed by atoms with van der Waals surface area (Å²) < 4.78 is 2.20. The average Bonchev–Trinajstić information content (AvgIpc) is 2.42. The Morgan fingerprint density at radius 1 is 1.41 bits per heavy atom. The molecule has 1 rings (SSSR count). The Balaban J connectivity index is 3.15. The standard InChI is InChI=1S/C14H22ClNO/c1-9-7-12(13(17)10(2)15)11(3)16(9)8-14(4,5)6/h7,10H,8H2,1-6H3.